The first-order valence-corrected chi connectivity index (χ1v) is 11.2. The molecule has 0 bridgehead atoms. The van der Waals surface area contributed by atoms with Gasteiger partial charge in [-0.3, -0.25) is 4.79 Å². The molecule has 0 aromatic carbocycles. The zero-order valence-electron chi connectivity index (χ0n) is 16.4. The van der Waals surface area contributed by atoms with Crippen molar-refractivity contribution in [3.63, 3.8) is 0 Å². The molecule has 4 saturated carbocycles. The van der Waals surface area contributed by atoms with Crippen molar-refractivity contribution in [1.29, 1.82) is 0 Å². The summed E-state index contributed by atoms with van der Waals surface area (Å²) < 4.78 is 6.16. The highest BCUT2D eigenvalue weighted by Crippen LogP contribution is 2.79. The van der Waals surface area contributed by atoms with Gasteiger partial charge in [0.1, 0.15) is 5.60 Å². The molecule has 1 heterocycles. The molecular formula is C24H30O3. The van der Waals surface area contributed by atoms with E-state index in [2.05, 4.69) is 19.9 Å². The Balaban J connectivity index is 1.43. The predicted molar refractivity (Wildman–Crippen MR) is 102 cm³/mol. The maximum absolute atomic E-state index is 12.1. The lowest BCUT2D eigenvalue weighted by molar-refractivity contribution is -0.174. The molecule has 9 atom stereocenters. The molecule has 1 spiro atoms. The molecular weight excluding hydrogens is 336 g/mol. The summed E-state index contributed by atoms with van der Waals surface area (Å²) in [5, 5.41) is 0. The van der Waals surface area contributed by atoms with E-state index in [1.54, 1.807) is 6.08 Å². The van der Waals surface area contributed by atoms with E-state index in [0.29, 0.717) is 29.5 Å². The molecule has 6 aliphatic rings. The molecule has 4 fully saturated rings. The van der Waals surface area contributed by atoms with Gasteiger partial charge in [-0.25, -0.2) is 4.79 Å². The van der Waals surface area contributed by atoms with E-state index < -0.39 is 0 Å². The van der Waals surface area contributed by atoms with Crippen LogP contribution in [-0.2, 0) is 14.3 Å². The first kappa shape index (κ1) is 16.6. The number of allylic oxidation sites excluding steroid dienone is 1. The van der Waals surface area contributed by atoms with E-state index in [0.717, 1.165) is 43.4 Å². The molecule has 3 nitrogen and oxygen atoms in total. The Hall–Kier alpha value is -1.38. The lowest BCUT2D eigenvalue weighted by Crippen LogP contribution is -2.57. The SMILES string of the molecule is CC[C@]12CCC3C(C1[C@@H]1C[C@@H]1[C@@]21C=CC(=O)O1)[C@@H](C)CC1=CC(=O)CC[C@@H]13. The van der Waals surface area contributed by atoms with Crippen LogP contribution in [0.25, 0.3) is 0 Å². The molecule has 6 rings (SSSR count). The molecule has 144 valence electrons. The number of fused-ring (bicyclic) bond motifs is 9. The van der Waals surface area contributed by atoms with Gasteiger partial charge in [-0.2, -0.15) is 0 Å². The number of ether oxygens (including phenoxy) is 1. The highest BCUT2D eigenvalue weighted by Gasteiger charge is 2.79. The van der Waals surface area contributed by atoms with Gasteiger partial charge in [0.05, 0.1) is 0 Å². The quantitative estimate of drug-likeness (QED) is 0.643. The first-order chi connectivity index (χ1) is 13.0. The van der Waals surface area contributed by atoms with Crippen LogP contribution in [0.4, 0.5) is 0 Å². The first-order valence-electron chi connectivity index (χ1n) is 11.2. The van der Waals surface area contributed by atoms with Crippen LogP contribution in [0.15, 0.2) is 23.8 Å². The fourth-order valence-corrected chi connectivity index (χ4v) is 8.95. The number of ketones is 1. The third-order valence-corrected chi connectivity index (χ3v) is 9.72. The zero-order valence-corrected chi connectivity index (χ0v) is 16.4. The lowest BCUT2D eigenvalue weighted by Gasteiger charge is -2.59. The molecule has 1 aliphatic heterocycles. The zero-order chi connectivity index (χ0) is 18.6. The molecule has 0 aromatic heterocycles. The number of rotatable bonds is 1. The van der Waals surface area contributed by atoms with E-state index in [9.17, 15) is 9.59 Å². The summed E-state index contributed by atoms with van der Waals surface area (Å²) in [7, 11) is 0. The summed E-state index contributed by atoms with van der Waals surface area (Å²) in [4.78, 5) is 24.1. The van der Waals surface area contributed by atoms with Crippen LogP contribution in [0.1, 0.15) is 58.8 Å². The van der Waals surface area contributed by atoms with Crippen LogP contribution < -0.4 is 0 Å². The molecule has 3 unspecified atom stereocenters. The Labute approximate surface area is 161 Å². The van der Waals surface area contributed by atoms with Gasteiger partial charge in [0, 0.05) is 23.8 Å². The van der Waals surface area contributed by atoms with Crippen molar-refractivity contribution in [1.82, 2.24) is 0 Å². The lowest BCUT2D eigenvalue weighted by atomic mass is 9.46. The summed E-state index contributed by atoms with van der Waals surface area (Å²) in [6.07, 6.45) is 13.6. The standard InChI is InChI=1S/C24H30O3/c1-3-23-8-6-17-16-5-4-15(25)11-14(16)10-13(2)21(17)22(23)18-12-19(18)24(23)9-7-20(26)27-24/h7,9,11,13,16-19,21-22H,3-6,8,10,12H2,1-2H3/t13-,16-,17?,18+,19-,21?,22?,23-,24-/m0/s1. The number of hydrogen-bond acceptors (Lipinski definition) is 3. The second kappa shape index (κ2) is 5.15. The maximum atomic E-state index is 12.1. The summed E-state index contributed by atoms with van der Waals surface area (Å²) in [6.45, 7) is 4.76. The van der Waals surface area contributed by atoms with Gasteiger partial charge in [0.25, 0.3) is 0 Å². The molecule has 0 amide bonds. The Morgan fingerprint density at radius 1 is 1.22 bits per heavy atom. The maximum Gasteiger partial charge on any atom is 0.331 e. The summed E-state index contributed by atoms with van der Waals surface area (Å²) in [5.74, 6) is 4.95. The van der Waals surface area contributed by atoms with Crippen molar-refractivity contribution >= 4 is 11.8 Å². The molecule has 0 aromatic rings. The Bertz CT molecular complexity index is 793. The Morgan fingerprint density at radius 3 is 2.81 bits per heavy atom. The van der Waals surface area contributed by atoms with E-state index in [1.807, 2.05) is 6.08 Å². The molecule has 0 radical (unpaired) electrons. The van der Waals surface area contributed by atoms with E-state index >= 15 is 0 Å². The van der Waals surface area contributed by atoms with Gasteiger partial charge in [-0.15, -0.1) is 0 Å². The van der Waals surface area contributed by atoms with Gasteiger partial charge in [0.2, 0.25) is 0 Å². The largest absolute Gasteiger partial charge is 0.451 e. The average molecular weight is 367 g/mol. The van der Waals surface area contributed by atoms with Crippen LogP contribution >= 0.6 is 0 Å². The van der Waals surface area contributed by atoms with E-state index in [4.69, 9.17) is 4.74 Å². The highest BCUT2D eigenvalue weighted by molar-refractivity contribution is 5.91. The molecule has 5 aliphatic carbocycles. The van der Waals surface area contributed by atoms with Gasteiger partial charge in [0.15, 0.2) is 5.78 Å². The van der Waals surface area contributed by atoms with Crippen LogP contribution in [0.3, 0.4) is 0 Å². The normalized spacial score (nSPS) is 54.7. The van der Waals surface area contributed by atoms with Crippen molar-refractivity contribution in [3.8, 4) is 0 Å². The second-order valence-corrected chi connectivity index (χ2v) is 10.4. The van der Waals surface area contributed by atoms with Gasteiger partial charge in [-0.1, -0.05) is 19.4 Å². The Kier molecular flexibility index (Phi) is 3.16. The van der Waals surface area contributed by atoms with Crippen molar-refractivity contribution in [2.45, 2.75) is 64.4 Å². The molecule has 0 saturated heterocycles. The van der Waals surface area contributed by atoms with Gasteiger partial charge < -0.3 is 4.74 Å². The van der Waals surface area contributed by atoms with Gasteiger partial charge in [-0.05, 0) is 86.2 Å². The monoisotopic (exact) mass is 366 g/mol. The number of esters is 1. The van der Waals surface area contributed by atoms with Crippen LogP contribution in [0, 0.1) is 46.8 Å². The smallest absolute Gasteiger partial charge is 0.331 e. The number of carbonyl (C=O) groups excluding carboxylic acids is 2. The van der Waals surface area contributed by atoms with Crippen molar-refractivity contribution in [2.24, 2.45) is 46.8 Å². The van der Waals surface area contributed by atoms with Gasteiger partial charge >= 0.3 is 5.97 Å². The third kappa shape index (κ3) is 1.85. The van der Waals surface area contributed by atoms with Crippen molar-refractivity contribution in [3.05, 3.63) is 23.8 Å². The minimum absolute atomic E-state index is 0.121. The Morgan fingerprint density at radius 2 is 2.07 bits per heavy atom. The van der Waals surface area contributed by atoms with E-state index in [-0.39, 0.29) is 17.0 Å². The summed E-state index contributed by atoms with van der Waals surface area (Å²) in [5.41, 5.74) is 1.29. The number of carbonyl (C=O) groups is 2. The summed E-state index contributed by atoms with van der Waals surface area (Å²) in [6, 6.07) is 0. The summed E-state index contributed by atoms with van der Waals surface area (Å²) >= 11 is 0. The third-order valence-electron chi connectivity index (χ3n) is 9.72. The number of hydrogen-bond donors (Lipinski definition) is 0. The average Bonchev–Trinajstić information content (AvgIpc) is 3.30. The molecule has 0 N–H and O–H groups in total. The highest BCUT2D eigenvalue weighted by atomic mass is 16.6. The van der Waals surface area contributed by atoms with Crippen LogP contribution in [0.5, 0.6) is 0 Å². The van der Waals surface area contributed by atoms with Crippen LogP contribution in [-0.4, -0.2) is 17.4 Å². The molecule has 3 heteroatoms. The predicted octanol–water partition coefficient (Wildman–Crippen LogP) is 4.47. The van der Waals surface area contributed by atoms with Crippen molar-refractivity contribution in [2.75, 3.05) is 0 Å². The minimum atomic E-state index is -0.308. The minimum Gasteiger partial charge on any atom is -0.451 e. The molecule has 27 heavy (non-hydrogen) atoms. The van der Waals surface area contributed by atoms with Crippen LogP contribution in [0.2, 0.25) is 0 Å². The second-order valence-electron chi connectivity index (χ2n) is 10.4. The fraction of sp³-hybridized carbons (Fsp3) is 0.750. The fourth-order valence-electron chi connectivity index (χ4n) is 8.95. The topological polar surface area (TPSA) is 43.4 Å². The van der Waals surface area contributed by atoms with E-state index in [1.165, 1.54) is 24.8 Å². The van der Waals surface area contributed by atoms with Crippen molar-refractivity contribution < 1.29 is 14.3 Å².